The van der Waals surface area contributed by atoms with Gasteiger partial charge < -0.3 is 28.4 Å². The molecule has 3 aromatic heterocycles. The highest BCUT2D eigenvalue weighted by Gasteiger charge is 2.26. The Kier molecular flexibility index (Phi) is 15.7. The lowest BCUT2D eigenvalue weighted by molar-refractivity contribution is 0.00502. The first-order valence-corrected chi connectivity index (χ1v) is 17.3. The van der Waals surface area contributed by atoms with E-state index >= 15 is 0 Å². The van der Waals surface area contributed by atoms with Crippen molar-refractivity contribution in [2.24, 2.45) is 0 Å². The highest BCUT2D eigenvalue weighted by Crippen LogP contribution is 2.34. The maximum atomic E-state index is 13.5. The molecule has 3 aromatic rings. The molecular formula is C33H51F2N7O6S. The standard InChI is InChI=1S/C33H51F2N7O6S/c1-9-11-15-47-49-42(10-2)23(3)24-19-26(29(44-8)36-20-24)27-21-41-28(37-22-38-41)30(40-27)46-18-17-45-16-13-25(12-14-33(7,34)35)39-31(43)48-32(4,5)6/h19-23,25H,9-18H2,1-8H3,(H,39,43). The molecule has 16 heteroatoms. The molecule has 0 aliphatic carbocycles. The summed E-state index contributed by atoms with van der Waals surface area (Å²) in [4.78, 5) is 25.9. The summed E-state index contributed by atoms with van der Waals surface area (Å²) in [7, 11) is 1.55. The normalized spacial score (nSPS) is 13.4. The number of unbranched alkanes of at least 4 members (excludes halogenated alkanes) is 1. The minimum absolute atomic E-state index is 0.0193. The number of fused-ring (bicyclic) bond motifs is 1. The summed E-state index contributed by atoms with van der Waals surface area (Å²) in [5.41, 5.74) is 1.83. The van der Waals surface area contributed by atoms with E-state index < -0.39 is 23.7 Å². The van der Waals surface area contributed by atoms with E-state index in [9.17, 15) is 13.6 Å². The van der Waals surface area contributed by atoms with Gasteiger partial charge in [-0.2, -0.15) is 5.10 Å². The molecule has 0 bridgehead atoms. The third-order valence-electron chi connectivity index (χ3n) is 7.26. The van der Waals surface area contributed by atoms with E-state index in [2.05, 4.69) is 45.5 Å². The number of carbonyl (C=O) groups excluding carboxylic acids is 1. The molecular weight excluding hydrogens is 660 g/mol. The number of nitrogens with zero attached hydrogens (tertiary/aromatic N) is 6. The number of pyridine rings is 1. The maximum absolute atomic E-state index is 13.5. The van der Waals surface area contributed by atoms with Crippen LogP contribution in [0.4, 0.5) is 13.6 Å². The minimum atomic E-state index is -2.85. The predicted octanol–water partition coefficient (Wildman–Crippen LogP) is 7.07. The zero-order valence-electron chi connectivity index (χ0n) is 29.8. The summed E-state index contributed by atoms with van der Waals surface area (Å²) < 4.78 is 59.2. The van der Waals surface area contributed by atoms with E-state index in [4.69, 9.17) is 28.1 Å². The molecule has 0 aliphatic heterocycles. The Morgan fingerprint density at radius 1 is 1.08 bits per heavy atom. The topological polar surface area (TPSA) is 134 Å². The van der Waals surface area contributed by atoms with Crippen molar-refractivity contribution in [2.75, 3.05) is 40.1 Å². The molecule has 2 unspecified atom stereocenters. The summed E-state index contributed by atoms with van der Waals surface area (Å²) in [6.45, 7) is 14.3. The Morgan fingerprint density at radius 2 is 1.86 bits per heavy atom. The van der Waals surface area contributed by atoms with Gasteiger partial charge in [0.1, 0.15) is 18.5 Å². The lowest BCUT2D eigenvalue weighted by atomic mass is 10.1. The number of alkyl halides is 2. The van der Waals surface area contributed by atoms with E-state index in [1.165, 1.54) is 18.6 Å². The van der Waals surface area contributed by atoms with Gasteiger partial charge in [-0.05, 0) is 65.5 Å². The molecule has 1 N–H and O–H groups in total. The molecule has 13 nitrogen and oxygen atoms in total. The first-order chi connectivity index (χ1) is 23.2. The van der Waals surface area contributed by atoms with E-state index in [0.29, 0.717) is 35.8 Å². The number of aromatic nitrogens is 5. The number of methoxy groups -OCH3 is 1. The molecule has 0 aliphatic rings. The highest BCUT2D eigenvalue weighted by molar-refractivity contribution is 7.92. The van der Waals surface area contributed by atoms with Crippen molar-refractivity contribution >= 4 is 24.0 Å². The van der Waals surface area contributed by atoms with Gasteiger partial charge in [0.05, 0.1) is 50.0 Å². The second-order valence-corrected chi connectivity index (χ2v) is 13.5. The molecule has 0 saturated carbocycles. The lowest BCUT2D eigenvalue weighted by Crippen LogP contribution is -2.40. The zero-order chi connectivity index (χ0) is 36.0. The lowest BCUT2D eigenvalue weighted by Gasteiger charge is -2.26. The third-order valence-corrected chi connectivity index (χ3v) is 8.30. The molecule has 0 spiro atoms. The Balaban J connectivity index is 1.67. The average molecular weight is 712 g/mol. The molecule has 0 fully saturated rings. The quantitative estimate of drug-likeness (QED) is 0.0688. The molecule has 1 amide bonds. The number of alkyl carbamates (subject to hydrolysis) is 1. The molecule has 2 atom stereocenters. The van der Waals surface area contributed by atoms with Crippen molar-refractivity contribution in [1.82, 2.24) is 34.2 Å². The second kappa shape index (κ2) is 19.2. The van der Waals surface area contributed by atoms with Crippen molar-refractivity contribution in [3.8, 4) is 23.0 Å². The van der Waals surface area contributed by atoms with Gasteiger partial charge in [-0.3, -0.25) is 0 Å². The molecule has 274 valence electrons. The number of carbonyl (C=O) groups is 1. The van der Waals surface area contributed by atoms with Crippen LogP contribution in [0, 0.1) is 0 Å². The summed E-state index contributed by atoms with van der Waals surface area (Å²) in [5.74, 6) is -2.22. The smallest absolute Gasteiger partial charge is 0.407 e. The number of nitrogens with one attached hydrogen (secondary N) is 1. The summed E-state index contributed by atoms with van der Waals surface area (Å²) in [5, 5.41) is 6.98. The van der Waals surface area contributed by atoms with E-state index in [1.54, 1.807) is 44.8 Å². The van der Waals surface area contributed by atoms with Gasteiger partial charge in [-0.15, -0.1) is 0 Å². The highest BCUT2D eigenvalue weighted by atomic mass is 32.2. The van der Waals surface area contributed by atoms with Crippen molar-refractivity contribution in [3.63, 3.8) is 0 Å². The molecule has 0 saturated heterocycles. The van der Waals surface area contributed by atoms with Gasteiger partial charge in [-0.25, -0.2) is 37.3 Å². The molecule has 3 rings (SSSR count). The number of ether oxygens (including phenoxy) is 4. The maximum Gasteiger partial charge on any atom is 0.407 e. The Hall–Kier alpha value is -3.34. The fourth-order valence-electron chi connectivity index (χ4n) is 4.65. The van der Waals surface area contributed by atoms with Gasteiger partial charge in [0, 0.05) is 37.9 Å². The number of hydrogen-bond donors (Lipinski definition) is 1. The van der Waals surface area contributed by atoms with E-state index in [-0.39, 0.29) is 44.6 Å². The van der Waals surface area contributed by atoms with Crippen molar-refractivity contribution < 1.29 is 36.7 Å². The van der Waals surface area contributed by atoms with Crippen LogP contribution in [-0.4, -0.2) is 92.6 Å². The first kappa shape index (κ1) is 40.1. The van der Waals surface area contributed by atoms with Crippen LogP contribution in [0.25, 0.3) is 16.9 Å². The fourth-order valence-corrected chi connectivity index (χ4v) is 5.34. The van der Waals surface area contributed by atoms with Crippen LogP contribution in [0.2, 0.25) is 0 Å². The van der Waals surface area contributed by atoms with Gasteiger partial charge in [0.2, 0.25) is 17.4 Å². The van der Waals surface area contributed by atoms with Crippen LogP contribution in [-0.2, 0) is 13.7 Å². The van der Waals surface area contributed by atoms with Crippen molar-refractivity contribution in [3.05, 3.63) is 30.4 Å². The van der Waals surface area contributed by atoms with Gasteiger partial charge in [0.25, 0.3) is 5.88 Å². The van der Waals surface area contributed by atoms with Crippen LogP contribution in [0.5, 0.6) is 11.8 Å². The number of halogens is 2. The average Bonchev–Trinajstić information content (AvgIpc) is 3.52. The van der Waals surface area contributed by atoms with Gasteiger partial charge in [-0.1, -0.05) is 20.3 Å². The Labute approximate surface area is 292 Å². The Morgan fingerprint density at radius 3 is 2.53 bits per heavy atom. The number of hydrogen-bond acceptors (Lipinski definition) is 12. The summed E-state index contributed by atoms with van der Waals surface area (Å²) in [6.07, 6.45) is 6.34. The van der Waals surface area contributed by atoms with Crippen LogP contribution in [0.3, 0.4) is 0 Å². The summed E-state index contributed by atoms with van der Waals surface area (Å²) >= 11 is 1.36. The molecule has 0 radical (unpaired) electrons. The van der Waals surface area contributed by atoms with Crippen LogP contribution in [0.1, 0.15) is 92.2 Å². The SMILES string of the molecule is CCCCOSN(CC)C(C)c1cnc(OC)c(-c2cn3ncnc3c(OCCOCCC(CCC(C)(F)F)NC(=O)OC(C)(C)C)n2)c1. The van der Waals surface area contributed by atoms with Crippen LogP contribution >= 0.6 is 12.2 Å². The zero-order valence-corrected chi connectivity index (χ0v) is 30.6. The number of amides is 1. The van der Waals surface area contributed by atoms with E-state index in [1.807, 2.05) is 6.07 Å². The van der Waals surface area contributed by atoms with Crippen molar-refractivity contribution in [2.45, 2.75) is 104 Å². The van der Waals surface area contributed by atoms with E-state index in [0.717, 1.165) is 31.9 Å². The number of rotatable bonds is 21. The third kappa shape index (κ3) is 13.5. The minimum Gasteiger partial charge on any atom is -0.481 e. The summed E-state index contributed by atoms with van der Waals surface area (Å²) in [6, 6.07) is 1.42. The first-order valence-electron chi connectivity index (χ1n) is 16.6. The largest absolute Gasteiger partial charge is 0.481 e. The predicted molar refractivity (Wildman–Crippen MR) is 184 cm³/mol. The monoisotopic (exact) mass is 711 g/mol. The Bertz CT molecular complexity index is 1450. The van der Waals surface area contributed by atoms with Crippen LogP contribution < -0.4 is 14.8 Å². The second-order valence-electron chi connectivity index (χ2n) is 12.6. The molecule has 0 aromatic carbocycles. The fraction of sp³-hybridized carbons (Fsp3) is 0.667. The van der Waals surface area contributed by atoms with Crippen LogP contribution in [0.15, 0.2) is 24.8 Å². The molecule has 3 heterocycles. The van der Waals surface area contributed by atoms with Crippen molar-refractivity contribution in [1.29, 1.82) is 0 Å². The van der Waals surface area contributed by atoms with Gasteiger partial charge in [0.15, 0.2) is 0 Å². The van der Waals surface area contributed by atoms with Gasteiger partial charge >= 0.3 is 6.09 Å². The molecule has 49 heavy (non-hydrogen) atoms.